The van der Waals surface area contributed by atoms with Crippen molar-refractivity contribution in [2.45, 2.75) is 13.8 Å². The molecule has 21 heavy (non-hydrogen) atoms. The Morgan fingerprint density at radius 2 is 2.00 bits per heavy atom. The molecular formula is C15H17N3O3. The Morgan fingerprint density at radius 1 is 1.33 bits per heavy atom. The van der Waals surface area contributed by atoms with Gasteiger partial charge in [0.15, 0.2) is 5.69 Å². The third-order valence-electron chi connectivity index (χ3n) is 3.11. The number of aromatic nitrogens is 2. The number of carboxylic acids is 1. The van der Waals surface area contributed by atoms with Gasteiger partial charge in [0.25, 0.3) is 5.91 Å². The Kier molecular flexibility index (Phi) is 4.37. The number of nitrogens with one attached hydrogen (secondary N) is 1. The highest BCUT2D eigenvalue weighted by Gasteiger charge is 2.16. The molecule has 1 aromatic carbocycles. The lowest BCUT2D eigenvalue weighted by molar-refractivity contribution is -0.140. The van der Waals surface area contributed by atoms with Gasteiger partial charge in [-0.2, -0.15) is 5.10 Å². The average Bonchev–Trinajstić information content (AvgIpc) is 2.87. The van der Waals surface area contributed by atoms with Crippen molar-refractivity contribution in [1.29, 1.82) is 0 Å². The van der Waals surface area contributed by atoms with E-state index in [0.717, 1.165) is 11.4 Å². The third-order valence-corrected chi connectivity index (χ3v) is 3.11. The average molecular weight is 287 g/mol. The summed E-state index contributed by atoms with van der Waals surface area (Å²) in [6.07, 6.45) is 0. The molecular weight excluding hydrogens is 270 g/mol. The van der Waals surface area contributed by atoms with Gasteiger partial charge < -0.3 is 10.4 Å². The van der Waals surface area contributed by atoms with Crippen molar-refractivity contribution in [1.82, 2.24) is 15.1 Å². The van der Waals surface area contributed by atoms with Gasteiger partial charge >= 0.3 is 5.97 Å². The van der Waals surface area contributed by atoms with Gasteiger partial charge in [0.1, 0.15) is 0 Å². The monoisotopic (exact) mass is 287 g/mol. The summed E-state index contributed by atoms with van der Waals surface area (Å²) in [6, 6.07) is 11.2. The van der Waals surface area contributed by atoms with Gasteiger partial charge in [0.05, 0.1) is 11.6 Å². The Balaban J connectivity index is 2.12. The summed E-state index contributed by atoms with van der Waals surface area (Å²) in [4.78, 5) is 22.7. The molecule has 0 aliphatic carbocycles. The predicted molar refractivity (Wildman–Crippen MR) is 77.4 cm³/mol. The van der Waals surface area contributed by atoms with E-state index in [1.807, 2.05) is 37.3 Å². The van der Waals surface area contributed by atoms with E-state index in [2.05, 4.69) is 10.4 Å². The van der Waals surface area contributed by atoms with E-state index in [9.17, 15) is 9.59 Å². The van der Waals surface area contributed by atoms with Crippen LogP contribution in [0.5, 0.6) is 0 Å². The molecule has 0 aliphatic rings. The van der Waals surface area contributed by atoms with Crippen LogP contribution in [0.3, 0.4) is 0 Å². The molecule has 1 atom stereocenters. The van der Waals surface area contributed by atoms with Gasteiger partial charge in [0.2, 0.25) is 0 Å². The maximum Gasteiger partial charge on any atom is 0.308 e. The summed E-state index contributed by atoms with van der Waals surface area (Å²) in [6.45, 7) is 3.47. The van der Waals surface area contributed by atoms with Gasteiger partial charge in [-0.15, -0.1) is 0 Å². The predicted octanol–water partition coefficient (Wildman–Crippen LogP) is 1.63. The number of carbonyl (C=O) groups excluding carboxylic acids is 1. The molecule has 0 saturated heterocycles. The van der Waals surface area contributed by atoms with E-state index >= 15 is 0 Å². The van der Waals surface area contributed by atoms with Crippen molar-refractivity contribution in [2.24, 2.45) is 5.92 Å². The Hall–Kier alpha value is -2.63. The molecule has 0 saturated carbocycles. The second-order valence-corrected chi connectivity index (χ2v) is 4.87. The van der Waals surface area contributed by atoms with Crippen LogP contribution in [0, 0.1) is 12.8 Å². The number of carbonyl (C=O) groups is 2. The van der Waals surface area contributed by atoms with Crippen LogP contribution in [0.1, 0.15) is 23.1 Å². The Morgan fingerprint density at radius 3 is 2.62 bits per heavy atom. The maximum atomic E-state index is 12.0. The number of hydrogen-bond donors (Lipinski definition) is 2. The van der Waals surface area contributed by atoms with Crippen LogP contribution in [-0.2, 0) is 4.79 Å². The van der Waals surface area contributed by atoms with Crippen molar-refractivity contribution in [3.63, 3.8) is 0 Å². The van der Waals surface area contributed by atoms with Crippen LogP contribution in [0.25, 0.3) is 5.69 Å². The molecule has 6 heteroatoms. The number of nitrogens with zero attached hydrogens (tertiary/aromatic N) is 2. The highest BCUT2D eigenvalue weighted by Crippen LogP contribution is 2.11. The van der Waals surface area contributed by atoms with Gasteiger partial charge in [-0.05, 0) is 25.1 Å². The molecule has 2 N–H and O–H groups in total. The quantitative estimate of drug-likeness (QED) is 0.875. The number of benzene rings is 1. The Labute approximate surface area is 122 Å². The number of aliphatic carboxylic acids is 1. The van der Waals surface area contributed by atoms with E-state index < -0.39 is 11.9 Å². The van der Waals surface area contributed by atoms with E-state index in [1.165, 1.54) is 6.92 Å². The lowest BCUT2D eigenvalue weighted by Crippen LogP contribution is -2.31. The molecule has 1 heterocycles. The molecule has 0 fully saturated rings. The van der Waals surface area contributed by atoms with Crippen molar-refractivity contribution in [3.8, 4) is 5.69 Å². The van der Waals surface area contributed by atoms with Crippen molar-refractivity contribution in [3.05, 3.63) is 47.8 Å². The van der Waals surface area contributed by atoms with Crippen LogP contribution < -0.4 is 5.32 Å². The zero-order valence-electron chi connectivity index (χ0n) is 11.9. The van der Waals surface area contributed by atoms with Gasteiger partial charge in [-0.1, -0.05) is 25.1 Å². The summed E-state index contributed by atoms with van der Waals surface area (Å²) in [5, 5.41) is 15.6. The van der Waals surface area contributed by atoms with Crippen LogP contribution in [-0.4, -0.2) is 33.3 Å². The minimum Gasteiger partial charge on any atom is -0.481 e. The second-order valence-electron chi connectivity index (χ2n) is 4.87. The van der Waals surface area contributed by atoms with Crippen LogP contribution in [0.4, 0.5) is 0 Å². The summed E-state index contributed by atoms with van der Waals surface area (Å²) in [5.74, 6) is -1.95. The topological polar surface area (TPSA) is 84.2 Å². The third kappa shape index (κ3) is 3.47. The number of hydrogen-bond acceptors (Lipinski definition) is 3. The summed E-state index contributed by atoms with van der Waals surface area (Å²) in [5.41, 5.74) is 1.97. The molecule has 0 bridgehead atoms. The SMILES string of the molecule is Cc1cc(C(=O)NC[C@H](C)C(=O)O)nn1-c1ccccc1. The fourth-order valence-corrected chi connectivity index (χ4v) is 1.84. The number of para-hydroxylation sites is 1. The first kappa shape index (κ1) is 14.8. The first-order valence-corrected chi connectivity index (χ1v) is 6.62. The van der Waals surface area contributed by atoms with Crippen LogP contribution >= 0.6 is 0 Å². The second kappa shape index (κ2) is 6.21. The molecule has 110 valence electrons. The number of amides is 1. The lowest BCUT2D eigenvalue weighted by atomic mass is 10.2. The first-order valence-electron chi connectivity index (χ1n) is 6.62. The summed E-state index contributed by atoms with van der Waals surface area (Å²) < 4.78 is 1.68. The van der Waals surface area contributed by atoms with E-state index in [0.29, 0.717) is 0 Å². The molecule has 2 rings (SSSR count). The van der Waals surface area contributed by atoms with E-state index in [4.69, 9.17) is 5.11 Å². The standard InChI is InChI=1S/C15H17N3O3/c1-10(15(20)21)9-16-14(19)13-8-11(2)18(17-13)12-6-4-3-5-7-12/h3-8,10H,9H2,1-2H3,(H,16,19)(H,20,21)/t10-/m0/s1. The Bertz CT molecular complexity index is 649. The van der Waals surface area contributed by atoms with Gasteiger partial charge in [-0.25, -0.2) is 4.68 Å². The van der Waals surface area contributed by atoms with E-state index in [1.54, 1.807) is 10.7 Å². The van der Waals surface area contributed by atoms with Gasteiger partial charge in [0, 0.05) is 12.2 Å². The van der Waals surface area contributed by atoms with Crippen LogP contribution in [0.15, 0.2) is 36.4 Å². The molecule has 2 aromatic rings. The number of rotatable bonds is 5. The molecule has 0 unspecified atom stereocenters. The first-order chi connectivity index (χ1) is 9.99. The molecule has 1 aromatic heterocycles. The molecule has 0 radical (unpaired) electrons. The van der Waals surface area contributed by atoms with Crippen molar-refractivity contribution < 1.29 is 14.7 Å². The number of carboxylic acid groups (broad SMARTS) is 1. The highest BCUT2D eigenvalue weighted by atomic mass is 16.4. The lowest BCUT2D eigenvalue weighted by Gasteiger charge is -2.06. The zero-order chi connectivity index (χ0) is 15.4. The molecule has 0 spiro atoms. The summed E-state index contributed by atoms with van der Waals surface area (Å²) in [7, 11) is 0. The van der Waals surface area contributed by atoms with Crippen LogP contribution in [0.2, 0.25) is 0 Å². The molecule has 0 aliphatic heterocycles. The minimum absolute atomic E-state index is 0.0748. The van der Waals surface area contributed by atoms with Crippen molar-refractivity contribution in [2.75, 3.05) is 6.54 Å². The van der Waals surface area contributed by atoms with Crippen molar-refractivity contribution >= 4 is 11.9 Å². The maximum absolute atomic E-state index is 12.0. The number of aryl methyl sites for hydroxylation is 1. The van der Waals surface area contributed by atoms with Gasteiger partial charge in [-0.3, -0.25) is 9.59 Å². The largest absolute Gasteiger partial charge is 0.481 e. The fraction of sp³-hybridized carbons (Fsp3) is 0.267. The zero-order valence-corrected chi connectivity index (χ0v) is 11.9. The highest BCUT2D eigenvalue weighted by molar-refractivity contribution is 5.92. The molecule has 6 nitrogen and oxygen atoms in total. The minimum atomic E-state index is -0.943. The van der Waals surface area contributed by atoms with E-state index in [-0.39, 0.29) is 18.1 Å². The summed E-state index contributed by atoms with van der Waals surface area (Å²) >= 11 is 0. The normalized spacial score (nSPS) is 11.9. The smallest absolute Gasteiger partial charge is 0.308 e. The molecule has 1 amide bonds. The fourth-order valence-electron chi connectivity index (χ4n) is 1.84.